The fourth-order valence-electron chi connectivity index (χ4n) is 1.36. The second-order valence-electron chi connectivity index (χ2n) is 3.27. The first-order valence-corrected chi connectivity index (χ1v) is 4.55. The van der Waals surface area contributed by atoms with Gasteiger partial charge in [-0.15, -0.1) is 0 Å². The maximum absolute atomic E-state index is 4.53. The smallest absolute Gasteiger partial charge is 0.209 e. The lowest BCUT2D eigenvalue weighted by molar-refractivity contribution is 0.746. The van der Waals surface area contributed by atoms with E-state index < -0.39 is 0 Å². The number of nitrogens with zero attached hydrogens (tertiary/aromatic N) is 3. The molecule has 3 nitrogen and oxygen atoms in total. The van der Waals surface area contributed by atoms with Gasteiger partial charge >= 0.3 is 0 Å². The third-order valence-electron chi connectivity index (χ3n) is 2.13. The molecule has 0 fully saturated rings. The molecule has 0 aliphatic rings. The van der Waals surface area contributed by atoms with Crippen molar-refractivity contribution in [2.75, 3.05) is 0 Å². The molecule has 0 radical (unpaired) electrons. The maximum atomic E-state index is 4.53. The van der Waals surface area contributed by atoms with Gasteiger partial charge in [0.25, 0.3) is 0 Å². The summed E-state index contributed by atoms with van der Waals surface area (Å²) in [5, 5.41) is 0. The fraction of sp³-hybridized carbons (Fsp3) is 0.182. The molecule has 1 aromatic carbocycles. The van der Waals surface area contributed by atoms with Gasteiger partial charge in [-0.3, -0.25) is 0 Å². The summed E-state index contributed by atoms with van der Waals surface area (Å²) in [4.78, 5) is 4.53. The van der Waals surface area contributed by atoms with Crippen LogP contribution in [0.1, 0.15) is 0 Å². The average molecular weight is 187 g/mol. The molecule has 14 heavy (non-hydrogen) atoms. The van der Waals surface area contributed by atoms with Crippen molar-refractivity contribution < 1.29 is 0 Å². The quantitative estimate of drug-likeness (QED) is 0.647. The van der Waals surface area contributed by atoms with Crippen molar-refractivity contribution in [1.82, 2.24) is 9.13 Å². The Bertz CT molecular complexity index is 454. The Labute approximate surface area is 83.0 Å². The van der Waals surface area contributed by atoms with E-state index in [9.17, 15) is 0 Å². The lowest BCUT2D eigenvalue weighted by atomic mass is 10.3. The summed E-state index contributed by atoms with van der Waals surface area (Å²) in [6, 6.07) is 9.95. The molecule has 1 heterocycles. The van der Waals surface area contributed by atoms with E-state index in [2.05, 4.69) is 4.99 Å². The number of hydrogen-bond acceptors (Lipinski definition) is 1. The number of imidazole rings is 1. The first-order chi connectivity index (χ1) is 6.77. The number of benzene rings is 1. The zero-order valence-electron chi connectivity index (χ0n) is 8.38. The first-order valence-electron chi connectivity index (χ1n) is 4.55. The average Bonchev–Trinajstić information content (AvgIpc) is 2.51. The zero-order valence-corrected chi connectivity index (χ0v) is 8.38. The molecule has 0 saturated heterocycles. The summed E-state index contributed by atoms with van der Waals surface area (Å²) >= 11 is 0. The van der Waals surface area contributed by atoms with Crippen LogP contribution in [0.2, 0.25) is 0 Å². The molecule has 0 bridgehead atoms. The van der Waals surface area contributed by atoms with Gasteiger partial charge in [-0.05, 0) is 12.1 Å². The second kappa shape index (κ2) is 3.54. The largest absolute Gasteiger partial charge is 0.320 e. The highest BCUT2D eigenvalue weighted by Gasteiger charge is 1.92. The standard InChI is InChI=1S/C11H13N3/c1-13-8-9-14(2)11(13)12-10-6-4-3-5-7-10/h3-9H,1-2H3. The summed E-state index contributed by atoms with van der Waals surface area (Å²) < 4.78 is 3.99. The summed E-state index contributed by atoms with van der Waals surface area (Å²) in [7, 11) is 3.98. The second-order valence-corrected chi connectivity index (χ2v) is 3.27. The van der Waals surface area contributed by atoms with Crippen molar-refractivity contribution in [1.29, 1.82) is 0 Å². The van der Waals surface area contributed by atoms with Crippen LogP contribution in [0.4, 0.5) is 5.69 Å². The summed E-state index contributed by atoms with van der Waals surface area (Å²) in [5.74, 6) is 0. The number of aryl methyl sites for hydroxylation is 2. The van der Waals surface area contributed by atoms with Crippen LogP contribution in [0.25, 0.3) is 0 Å². The summed E-state index contributed by atoms with van der Waals surface area (Å²) in [5.41, 5.74) is 1.92. The van der Waals surface area contributed by atoms with Crippen molar-refractivity contribution in [2.45, 2.75) is 0 Å². The first kappa shape index (κ1) is 8.81. The van der Waals surface area contributed by atoms with Gasteiger partial charge in [0, 0.05) is 26.5 Å². The summed E-state index contributed by atoms with van der Waals surface area (Å²) in [6.45, 7) is 0. The molecule has 1 aromatic heterocycles. The molecule has 3 heteroatoms. The number of hydrogen-bond donors (Lipinski definition) is 0. The van der Waals surface area contributed by atoms with Gasteiger partial charge in [0.05, 0.1) is 5.69 Å². The van der Waals surface area contributed by atoms with Gasteiger partial charge < -0.3 is 9.13 Å². The lowest BCUT2D eigenvalue weighted by Gasteiger charge is -1.95. The molecule has 0 aliphatic heterocycles. The van der Waals surface area contributed by atoms with E-state index in [0.717, 1.165) is 11.3 Å². The molecule has 0 saturated carbocycles. The maximum Gasteiger partial charge on any atom is 0.209 e. The molecule has 72 valence electrons. The van der Waals surface area contributed by atoms with Crippen molar-refractivity contribution in [3.63, 3.8) is 0 Å². The van der Waals surface area contributed by atoms with Crippen LogP contribution in [-0.2, 0) is 14.1 Å². The van der Waals surface area contributed by atoms with Gasteiger partial charge in [-0.25, -0.2) is 4.99 Å². The Kier molecular flexibility index (Phi) is 2.23. The lowest BCUT2D eigenvalue weighted by Crippen LogP contribution is -2.20. The molecule has 2 aromatic rings. The molecule has 0 atom stereocenters. The minimum absolute atomic E-state index is 0.941. The SMILES string of the molecule is Cn1ccn(C)c1=Nc1ccccc1. The molecule has 2 rings (SSSR count). The van der Waals surface area contributed by atoms with E-state index in [1.807, 2.05) is 66.0 Å². The highest BCUT2D eigenvalue weighted by atomic mass is 15.2. The molecule has 0 aliphatic carbocycles. The Hall–Kier alpha value is -1.77. The Morgan fingerprint density at radius 1 is 0.929 bits per heavy atom. The molecular weight excluding hydrogens is 174 g/mol. The van der Waals surface area contributed by atoms with E-state index in [1.54, 1.807) is 0 Å². The number of rotatable bonds is 1. The Morgan fingerprint density at radius 3 is 2.07 bits per heavy atom. The topological polar surface area (TPSA) is 22.2 Å². The Balaban J connectivity index is 2.55. The van der Waals surface area contributed by atoms with Crippen molar-refractivity contribution in [3.05, 3.63) is 48.3 Å². The van der Waals surface area contributed by atoms with E-state index >= 15 is 0 Å². The van der Waals surface area contributed by atoms with Crippen molar-refractivity contribution >= 4 is 5.69 Å². The van der Waals surface area contributed by atoms with Crippen LogP contribution in [-0.4, -0.2) is 9.13 Å². The highest BCUT2D eigenvalue weighted by Crippen LogP contribution is 2.07. The van der Waals surface area contributed by atoms with Gasteiger partial charge in [0.1, 0.15) is 0 Å². The number of para-hydroxylation sites is 1. The van der Waals surface area contributed by atoms with Crippen molar-refractivity contribution in [2.24, 2.45) is 19.1 Å². The molecule has 0 spiro atoms. The molecule has 0 amide bonds. The predicted molar refractivity (Wildman–Crippen MR) is 56.0 cm³/mol. The highest BCUT2D eigenvalue weighted by molar-refractivity contribution is 5.35. The van der Waals surface area contributed by atoms with E-state index in [1.165, 1.54) is 0 Å². The number of aromatic nitrogens is 2. The monoisotopic (exact) mass is 187 g/mol. The fourth-order valence-corrected chi connectivity index (χ4v) is 1.36. The third kappa shape index (κ3) is 1.62. The van der Waals surface area contributed by atoms with E-state index in [0.29, 0.717) is 0 Å². The van der Waals surface area contributed by atoms with Crippen LogP contribution in [0, 0.1) is 0 Å². The normalized spacial score (nSPS) is 10.1. The van der Waals surface area contributed by atoms with E-state index in [4.69, 9.17) is 0 Å². The van der Waals surface area contributed by atoms with Crippen molar-refractivity contribution in [3.8, 4) is 0 Å². The van der Waals surface area contributed by atoms with Crippen LogP contribution in [0.5, 0.6) is 0 Å². The van der Waals surface area contributed by atoms with E-state index in [-0.39, 0.29) is 0 Å². The van der Waals surface area contributed by atoms with Gasteiger partial charge in [0.15, 0.2) is 0 Å². The minimum atomic E-state index is 0.941. The van der Waals surface area contributed by atoms with Crippen LogP contribution in [0.3, 0.4) is 0 Å². The molecular formula is C11H13N3. The minimum Gasteiger partial charge on any atom is -0.320 e. The van der Waals surface area contributed by atoms with Gasteiger partial charge in [-0.2, -0.15) is 0 Å². The van der Waals surface area contributed by atoms with Gasteiger partial charge in [-0.1, -0.05) is 18.2 Å². The summed E-state index contributed by atoms with van der Waals surface area (Å²) in [6.07, 6.45) is 3.98. The van der Waals surface area contributed by atoms with Crippen LogP contribution in [0.15, 0.2) is 47.7 Å². The van der Waals surface area contributed by atoms with Crippen LogP contribution >= 0.6 is 0 Å². The van der Waals surface area contributed by atoms with Crippen LogP contribution < -0.4 is 5.62 Å². The Morgan fingerprint density at radius 2 is 1.50 bits per heavy atom. The predicted octanol–water partition coefficient (Wildman–Crippen LogP) is 1.60. The zero-order chi connectivity index (χ0) is 9.97. The third-order valence-corrected chi connectivity index (χ3v) is 2.13. The van der Waals surface area contributed by atoms with Gasteiger partial charge in [0.2, 0.25) is 5.62 Å². The molecule has 0 unspecified atom stereocenters. The molecule has 0 N–H and O–H groups in total.